The second-order valence-electron chi connectivity index (χ2n) is 6.82. The van der Waals surface area contributed by atoms with E-state index in [4.69, 9.17) is 9.47 Å². The summed E-state index contributed by atoms with van der Waals surface area (Å²) in [5.74, 6) is 0. The Morgan fingerprint density at radius 3 is 2.26 bits per heavy atom. The Morgan fingerprint density at radius 1 is 1.22 bits per heavy atom. The highest BCUT2D eigenvalue weighted by atomic mass is 16.6. The second kappa shape index (κ2) is 6.90. The van der Waals surface area contributed by atoms with E-state index >= 15 is 0 Å². The van der Waals surface area contributed by atoms with E-state index in [2.05, 4.69) is 5.32 Å². The highest BCUT2D eigenvalue weighted by Crippen LogP contribution is 2.32. The molecule has 0 aliphatic carbocycles. The van der Waals surface area contributed by atoms with Crippen LogP contribution in [0.2, 0.25) is 0 Å². The summed E-state index contributed by atoms with van der Waals surface area (Å²) < 4.78 is 10.8. The molecule has 1 aliphatic heterocycles. The molecule has 1 aliphatic rings. The van der Waals surface area contributed by atoms with Crippen LogP contribution in [0.5, 0.6) is 0 Å². The van der Waals surface area contributed by atoms with Crippen LogP contribution in [-0.4, -0.2) is 42.1 Å². The number of carbonyl (C=O) groups is 1. The van der Waals surface area contributed by atoms with E-state index in [0.29, 0.717) is 31.5 Å². The molecule has 0 unspecified atom stereocenters. The van der Waals surface area contributed by atoms with Crippen molar-refractivity contribution < 1.29 is 24.3 Å². The predicted octanol–water partition coefficient (Wildman–Crippen LogP) is 0.897. The lowest BCUT2D eigenvalue weighted by molar-refractivity contribution is 0.0157. The molecular formula is C16H24BNO5. The molecule has 1 fully saturated rings. The Kier molecular flexibility index (Phi) is 5.34. The van der Waals surface area contributed by atoms with Crippen LogP contribution in [0.25, 0.3) is 0 Å². The average Bonchev–Trinajstić information content (AvgIpc) is 2.46. The zero-order valence-corrected chi connectivity index (χ0v) is 13.8. The van der Waals surface area contributed by atoms with E-state index in [1.807, 2.05) is 20.8 Å². The van der Waals surface area contributed by atoms with Crippen LogP contribution in [0.3, 0.4) is 0 Å². The third kappa shape index (κ3) is 4.70. The molecule has 0 spiro atoms. The number of rotatable bonds is 3. The van der Waals surface area contributed by atoms with Gasteiger partial charge >= 0.3 is 13.2 Å². The minimum absolute atomic E-state index is 0.410. The number of hydrogen-bond acceptors (Lipinski definition) is 5. The first-order valence-corrected chi connectivity index (χ1v) is 7.77. The van der Waals surface area contributed by atoms with Crippen LogP contribution < -0.4 is 10.8 Å². The number of alkyl carbamates (subject to hydrolysis) is 1. The number of carbonyl (C=O) groups excluding carboxylic acids is 1. The van der Waals surface area contributed by atoms with E-state index in [0.717, 1.165) is 5.56 Å². The lowest BCUT2D eigenvalue weighted by Crippen LogP contribution is -2.51. The van der Waals surface area contributed by atoms with Crippen molar-refractivity contribution in [1.29, 1.82) is 0 Å². The predicted molar refractivity (Wildman–Crippen MR) is 87.4 cm³/mol. The van der Waals surface area contributed by atoms with Gasteiger partial charge in [0.1, 0.15) is 5.60 Å². The van der Waals surface area contributed by atoms with Crippen molar-refractivity contribution in [2.75, 3.05) is 13.2 Å². The molecule has 2 rings (SSSR count). The minimum Gasteiger partial charge on any atom is -0.444 e. The van der Waals surface area contributed by atoms with Gasteiger partial charge in [0.25, 0.3) is 0 Å². The average molecular weight is 321 g/mol. The lowest BCUT2D eigenvalue weighted by atomic mass is 9.77. The first-order valence-electron chi connectivity index (χ1n) is 7.77. The Balaban J connectivity index is 2.23. The molecule has 6 nitrogen and oxygen atoms in total. The normalized spacial score (nSPS) is 17.4. The van der Waals surface area contributed by atoms with Gasteiger partial charge in [0.2, 0.25) is 0 Å². The zero-order chi connectivity index (χ0) is 17.1. The van der Waals surface area contributed by atoms with Gasteiger partial charge in [-0.05, 0) is 44.6 Å². The fourth-order valence-corrected chi connectivity index (χ4v) is 2.68. The van der Waals surface area contributed by atoms with Gasteiger partial charge in [-0.15, -0.1) is 0 Å². The summed E-state index contributed by atoms with van der Waals surface area (Å²) in [7, 11) is -1.51. The summed E-state index contributed by atoms with van der Waals surface area (Å²) >= 11 is 0. The molecule has 0 aromatic heterocycles. The van der Waals surface area contributed by atoms with Crippen molar-refractivity contribution >= 4 is 18.7 Å². The molecule has 3 N–H and O–H groups in total. The largest absolute Gasteiger partial charge is 0.488 e. The smallest absolute Gasteiger partial charge is 0.444 e. The van der Waals surface area contributed by atoms with Gasteiger partial charge in [-0.25, -0.2) is 4.79 Å². The molecule has 126 valence electrons. The lowest BCUT2D eigenvalue weighted by Gasteiger charge is -2.39. The van der Waals surface area contributed by atoms with Gasteiger partial charge in [-0.2, -0.15) is 0 Å². The quantitative estimate of drug-likeness (QED) is 0.720. The summed E-state index contributed by atoms with van der Waals surface area (Å²) in [5.41, 5.74) is 0.171. The van der Waals surface area contributed by atoms with Gasteiger partial charge in [-0.1, -0.05) is 24.3 Å². The maximum atomic E-state index is 12.2. The third-order valence-corrected chi connectivity index (χ3v) is 3.85. The van der Waals surface area contributed by atoms with Gasteiger partial charge in [0, 0.05) is 13.2 Å². The molecular weight excluding hydrogens is 297 g/mol. The maximum absolute atomic E-state index is 12.2. The summed E-state index contributed by atoms with van der Waals surface area (Å²) in [6, 6.07) is 6.90. The fourth-order valence-electron chi connectivity index (χ4n) is 2.68. The Morgan fingerprint density at radius 2 is 1.78 bits per heavy atom. The minimum atomic E-state index is -1.51. The zero-order valence-electron chi connectivity index (χ0n) is 13.8. The first kappa shape index (κ1) is 17.8. The topological polar surface area (TPSA) is 88.0 Å². The van der Waals surface area contributed by atoms with E-state index in [9.17, 15) is 14.8 Å². The van der Waals surface area contributed by atoms with Crippen molar-refractivity contribution in [3.8, 4) is 0 Å². The molecule has 23 heavy (non-hydrogen) atoms. The van der Waals surface area contributed by atoms with Crippen molar-refractivity contribution in [2.45, 2.75) is 44.8 Å². The highest BCUT2D eigenvalue weighted by molar-refractivity contribution is 6.58. The fraction of sp³-hybridized carbons (Fsp3) is 0.562. The molecule has 0 bridgehead atoms. The number of nitrogens with one attached hydrogen (secondary N) is 1. The second-order valence-corrected chi connectivity index (χ2v) is 6.82. The molecule has 0 saturated carbocycles. The molecule has 7 heteroatoms. The van der Waals surface area contributed by atoms with Crippen LogP contribution in [0.1, 0.15) is 39.2 Å². The van der Waals surface area contributed by atoms with Crippen molar-refractivity contribution in [1.82, 2.24) is 5.32 Å². The number of hydrogen-bond donors (Lipinski definition) is 3. The van der Waals surface area contributed by atoms with Crippen LogP contribution in [0.15, 0.2) is 24.3 Å². The van der Waals surface area contributed by atoms with Gasteiger partial charge in [0.15, 0.2) is 0 Å². The summed E-state index contributed by atoms with van der Waals surface area (Å²) in [4.78, 5) is 12.2. The van der Waals surface area contributed by atoms with Crippen LogP contribution in [0, 0.1) is 0 Å². The van der Waals surface area contributed by atoms with E-state index in [1.165, 1.54) is 0 Å². The Hall–Kier alpha value is -1.57. The monoisotopic (exact) mass is 321 g/mol. The van der Waals surface area contributed by atoms with Crippen LogP contribution >= 0.6 is 0 Å². The molecule has 1 saturated heterocycles. The van der Waals surface area contributed by atoms with Gasteiger partial charge < -0.3 is 24.8 Å². The standard InChI is InChI=1S/C16H24BNO5/c1-15(2,3)23-14(19)18-16(8-10-22-11-9-16)12-4-6-13(7-5-12)17(20)21/h4-7,20-21H,8-11H2,1-3H3,(H,18,19). The summed E-state index contributed by atoms with van der Waals surface area (Å²) in [6.45, 7) is 6.54. The van der Waals surface area contributed by atoms with Crippen molar-refractivity contribution in [3.63, 3.8) is 0 Å². The first-order chi connectivity index (χ1) is 10.7. The van der Waals surface area contributed by atoms with Crippen molar-refractivity contribution in [2.24, 2.45) is 0 Å². The number of ether oxygens (including phenoxy) is 2. The van der Waals surface area contributed by atoms with Gasteiger partial charge in [-0.3, -0.25) is 0 Å². The van der Waals surface area contributed by atoms with E-state index < -0.39 is 24.4 Å². The molecule has 1 amide bonds. The molecule has 1 aromatic rings. The number of amides is 1. The molecule has 1 aromatic carbocycles. The molecule has 0 radical (unpaired) electrons. The van der Waals surface area contributed by atoms with Crippen LogP contribution in [0.4, 0.5) is 4.79 Å². The summed E-state index contributed by atoms with van der Waals surface area (Å²) in [6.07, 6.45) is 0.797. The maximum Gasteiger partial charge on any atom is 0.488 e. The summed E-state index contributed by atoms with van der Waals surface area (Å²) in [5, 5.41) is 21.4. The van der Waals surface area contributed by atoms with E-state index in [-0.39, 0.29) is 0 Å². The van der Waals surface area contributed by atoms with Crippen LogP contribution in [-0.2, 0) is 15.0 Å². The Bertz CT molecular complexity index is 532. The molecule has 1 heterocycles. The van der Waals surface area contributed by atoms with Crippen molar-refractivity contribution in [3.05, 3.63) is 29.8 Å². The van der Waals surface area contributed by atoms with Gasteiger partial charge in [0.05, 0.1) is 5.54 Å². The molecule has 0 atom stereocenters. The Labute approximate surface area is 136 Å². The highest BCUT2D eigenvalue weighted by Gasteiger charge is 2.37. The van der Waals surface area contributed by atoms with E-state index in [1.54, 1.807) is 24.3 Å². The third-order valence-electron chi connectivity index (χ3n) is 3.85. The number of benzene rings is 1. The SMILES string of the molecule is CC(C)(C)OC(=O)NC1(c2ccc(B(O)O)cc2)CCOCC1.